The molecular formula is C21H22N4O5. The van der Waals surface area contributed by atoms with Crippen LogP contribution in [0.1, 0.15) is 6.42 Å². The van der Waals surface area contributed by atoms with Gasteiger partial charge in [0.15, 0.2) is 0 Å². The van der Waals surface area contributed by atoms with E-state index < -0.39 is 11.0 Å². The van der Waals surface area contributed by atoms with Crippen molar-refractivity contribution in [3.8, 4) is 5.75 Å². The summed E-state index contributed by atoms with van der Waals surface area (Å²) in [6.45, 7) is 2.73. The maximum atomic E-state index is 13.0. The van der Waals surface area contributed by atoms with Crippen molar-refractivity contribution in [3.63, 3.8) is 0 Å². The van der Waals surface area contributed by atoms with E-state index in [0.717, 1.165) is 29.4 Å². The van der Waals surface area contributed by atoms with E-state index in [1.54, 1.807) is 7.11 Å². The van der Waals surface area contributed by atoms with Crippen molar-refractivity contribution < 1.29 is 19.2 Å². The molecule has 0 saturated carbocycles. The fourth-order valence-corrected chi connectivity index (χ4v) is 4.06. The van der Waals surface area contributed by atoms with E-state index in [-0.39, 0.29) is 23.9 Å². The maximum Gasteiger partial charge on any atom is 0.269 e. The van der Waals surface area contributed by atoms with E-state index in [1.165, 1.54) is 24.3 Å². The SMILES string of the molecule is COc1ccccc1N1CCN([C@H]2CC(=O)N(c3ccc([N+](=O)[O-])cc3)C2=O)CC1. The van der Waals surface area contributed by atoms with Crippen molar-refractivity contribution >= 4 is 28.9 Å². The molecule has 2 aliphatic rings. The number of imide groups is 1. The molecule has 0 unspecified atom stereocenters. The predicted octanol–water partition coefficient (Wildman–Crippen LogP) is 2.06. The molecule has 2 saturated heterocycles. The van der Waals surface area contributed by atoms with Crippen LogP contribution in [0, 0.1) is 10.1 Å². The van der Waals surface area contributed by atoms with Gasteiger partial charge >= 0.3 is 0 Å². The topological polar surface area (TPSA) is 96.2 Å². The Morgan fingerprint density at radius 2 is 1.67 bits per heavy atom. The highest BCUT2D eigenvalue weighted by molar-refractivity contribution is 6.22. The van der Waals surface area contributed by atoms with Crippen LogP contribution in [0.15, 0.2) is 48.5 Å². The van der Waals surface area contributed by atoms with Crippen molar-refractivity contribution in [2.24, 2.45) is 0 Å². The highest BCUT2D eigenvalue weighted by Gasteiger charge is 2.43. The Morgan fingerprint density at radius 1 is 1.00 bits per heavy atom. The molecule has 4 rings (SSSR count). The summed E-state index contributed by atoms with van der Waals surface area (Å²) in [5.74, 6) is 0.244. The molecule has 30 heavy (non-hydrogen) atoms. The lowest BCUT2D eigenvalue weighted by Gasteiger charge is -2.38. The van der Waals surface area contributed by atoms with Gasteiger partial charge in [0.05, 0.1) is 35.9 Å². The molecule has 2 aromatic rings. The fraction of sp³-hybridized carbons (Fsp3) is 0.333. The second-order valence-electron chi connectivity index (χ2n) is 7.26. The summed E-state index contributed by atoms with van der Waals surface area (Å²) in [4.78, 5) is 41.2. The molecule has 0 radical (unpaired) electrons. The Bertz CT molecular complexity index is 970. The monoisotopic (exact) mass is 410 g/mol. The van der Waals surface area contributed by atoms with Gasteiger partial charge < -0.3 is 9.64 Å². The second kappa shape index (κ2) is 8.11. The Morgan fingerprint density at radius 3 is 2.30 bits per heavy atom. The minimum atomic E-state index is -0.512. The highest BCUT2D eigenvalue weighted by atomic mass is 16.6. The summed E-state index contributed by atoms with van der Waals surface area (Å²) in [7, 11) is 1.64. The molecule has 156 valence electrons. The molecule has 2 fully saturated rings. The Balaban J connectivity index is 1.44. The van der Waals surface area contributed by atoms with Gasteiger partial charge in [0, 0.05) is 38.3 Å². The van der Waals surface area contributed by atoms with Gasteiger partial charge in [-0.25, -0.2) is 4.90 Å². The molecule has 9 nitrogen and oxygen atoms in total. The lowest BCUT2D eigenvalue weighted by molar-refractivity contribution is -0.384. The average molecular weight is 410 g/mol. The summed E-state index contributed by atoms with van der Waals surface area (Å²) in [5.41, 5.74) is 1.30. The van der Waals surface area contributed by atoms with Gasteiger partial charge in [0.1, 0.15) is 5.75 Å². The number of amides is 2. The molecule has 2 aliphatic heterocycles. The van der Waals surface area contributed by atoms with Crippen LogP contribution in [-0.2, 0) is 9.59 Å². The van der Waals surface area contributed by atoms with Crippen molar-refractivity contribution in [2.75, 3.05) is 43.1 Å². The van der Waals surface area contributed by atoms with Crippen LogP contribution in [0.25, 0.3) is 0 Å². The van der Waals surface area contributed by atoms with Gasteiger partial charge in [-0.2, -0.15) is 0 Å². The van der Waals surface area contributed by atoms with Gasteiger partial charge in [-0.1, -0.05) is 12.1 Å². The zero-order valence-corrected chi connectivity index (χ0v) is 16.6. The number of nitro groups is 1. The number of carbonyl (C=O) groups is 2. The highest BCUT2D eigenvalue weighted by Crippen LogP contribution is 2.31. The number of rotatable bonds is 5. The largest absolute Gasteiger partial charge is 0.495 e. The summed E-state index contributed by atoms with van der Waals surface area (Å²) in [5, 5.41) is 10.8. The van der Waals surface area contributed by atoms with Crippen LogP contribution >= 0.6 is 0 Å². The molecule has 0 aliphatic carbocycles. The maximum absolute atomic E-state index is 13.0. The van der Waals surface area contributed by atoms with Gasteiger partial charge in [0.2, 0.25) is 5.91 Å². The third-order valence-corrected chi connectivity index (χ3v) is 5.62. The van der Waals surface area contributed by atoms with Crippen LogP contribution < -0.4 is 14.5 Å². The number of hydrogen-bond donors (Lipinski definition) is 0. The van der Waals surface area contributed by atoms with Crippen LogP contribution in [0.3, 0.4) is 0 Å². The van der Waals surface area contributed by atoms with Crippen molar-refractivity contribution in [1.29, 1.82) is 0 Å². The van der Waals surface area contributed by atoms with E-state index in [2.05, 4.69) is 4.90 Å². The minimum absolute atomic E-state index is 0.0816. The van der Waals surface area contributed by atoms with Crippen molar-refractivity contribution in [2.45, 2.75) is 12.5 Å². The number of non-ortho nitro benzene ring substituents is 1. The molecule has 2 aromatic carbocycles. The number of para-hydroxylation sites is 2. The quantitative estimate of drug-likeness (QED) is 0.423. The smallest absolute Gasteiger partial charge is 0.269 e. The number of nitrogens with zero attached hydrogens (tertiary/aromatic N) is 4. The van der Waals surface area contributed by atoms with E-state index in [4.69, 9.17) is 4.74 Å². The van der Waals surface area contributed by atoms with Gasteiger partial charge in [-0.15, -0.1) is 0 Å². The van der Waals surface area contributed by atoms with E-state index in [1.807, 2.05) is 29.2 Å². The first-order valence-corrected chi connectivity index (χ1v) is 9.73. The third-order valence-electron chi connectivity index (χ3n) is 5.62. The summed E-state index contributed by atoms with van der Waals surface area (Å²) >= 11 is 0. The van der Waals surface area contributed by atoms with Crippen LogP contribution in [0.4, 0.5) is 17.1 Å². The first kappa shape index (κ1) is 19.8. The molecule has 0 aromatic heterocycles. The van der Waals surface area contributed by atoms with Crippen LogP contribution in [-0.4, -0.2) is 61.0 Å². The molecule has 0 bridgehead atoms. The van der Waals surface area contributed by atoms with Crippen molar-refractivity contribution in [1.82, 2.24) is 4.90 Å². The Labute approximate surface area is 173 Å². The van der Waals surface area contributed by atoms with E-state index in [0.29, 0.717) is 18.8 Å². The first-order valence-electron chi connectivity index (χ1n) is 9.73. The standard InChI is InChI=1S/C21H22N4O5/c1-30-19-5-3-2-4-17(19)22-10-12-23(13-11-22)18-14-20(26)24(21(18)27)15-6-8-16(9-7-15)25(28)29/h2-9,18H,10-14H2,1H3/t18-/m0/s1. The number of ether oxygens (including phenoxy) is 1. The number of methoxy groups -OCH3 is 1. The van der Waals surface area contributed by atoms with Gasteiger partial charge in [0.25, 0.3) is 11.6 Å². The predicted molar refractivity (Wildman–Crippen MR) is 111 cm³/mol. The molecular weight excluding hydrogens is 388 g/mol. The first-order chi connectivity index (χ1) is 14.5. The number of nitro benzene ring substituents is 1. The average Bonchev–Trinajstić information content (AvgIpc) is 3.07. The second-order valence-corrected chi connectivity index (χ2v) is 7.26. The fourth-order valence-electron chi connectivity index (χ4n) is 4.06. The number of anilines is 2. The Hall–Kier alpha value is -3.46. The molecule has 0 spiro atoms. The lowest BCUT2D eigenvalue weighted by atomic mass is 10.1. The molecule has 2 amide bonds. The molecule has 0 N–H and O–H groups in total. The van der Waals surface area contributed by atoms with Crippen LogP contribution in [0.5, 0.6) is 5.75 Å². The van der Waals surface area contributed by atoms with Gasteiger partial charge in [-0.05, 0) is 24.3 Å². The number of hydrogen-bond acceptors (Lipinski definition) is 7. The number of benzene rings is 2. The summed E-state index contributed by atoms with van der Waals surface area (Å²) in [6, 6.07) is 12.8. The molecule has 9 heteroatoms. The lowest BCUT2D eigenvalue weighted by Crippen LogP contribution is -2.52. The molecule has 2 heterocycles. The van der Waals surface area contributed by atoms with Gasteiger partial charge in [-0.3, -0.25) is 24.6 Å². The van der Waals surface area contributed by atoms with E-state index in [9.17, 15) is 19.7 Å². The van der Waals surface area contributed by atoms with Crippen molar-refractivity contribution in [3.05, 3.63) is 58.6 Å². The van der Waals surface area contributed by atoms with E-state index >= 15 is 0 Å². The number of piperazine rings is 1. The summed E-state index contributed by atoms with van der Waals surface area (Å²) < 4.78 is 5.44. The van der Waals surface area contributed by atoms with Crippen LogP contribution in [0.2, 0.25) is 0 Å². The number of carbonyl (C=O) groups excluding carboxylic acids is 2. The summed E-state index contributed by atoms with van der Waals surface area (Å²) in [6.07, 6.45) is 0.116. The normalized spacial score (nSPS) is 20.0. The Kier molecular flexibility index (Phi) is 5.37. The zero-order chi connectivity index (χ0) is 21.3. The molecule has 1 atom stereocenters. The minimum Gasteiger partial charge on any atom is -0.495 e. The zero-order valence-electron chi connectivity index (χ0n) is 16.6. The third kappa shape index (κ3) is 3.59.